The molecule has 3 rings (SSSR count). The Hall–Kier alpha value is -1.91. The molecule has 0 fully saturated rings. The molecule has 0 unspecified atom stereocenters. The van der Waals surface area contributed by atoms with Crippen LogP contribution in [0.1, 0.15) is 5.56 Å². The van der Waals surface area contributed by atoms with Gasteiger partial charge in [-0.15, -0.1) is 11.3 Å². The third-order valence-corrected chi connectivity index (χ3v) is 4.23. The summed E-state index contributed by atoms with van der Waals surface area (Å²) in [6.07, 6.45) is 0. The van der Waals surface area contributed by atoms with E-state index in [9.17, 15) is 4.39 Å². The summed E-state index contributed by atoms with van der Waals surface area (Å²) in [7, 11) is 0. The lowest BCUT2D eigenvalue weighted by molar-refractivity contribution is 0.628. The maximum absolute atomic E-state index is 12.9. The van der Waals surface area contributed by atoms with Crippen molar-refractivity contribution in [3.63, 3.8) is 0 Å². The minimum absolute atomic E-state index is 0.248. The molecular formula is C16H12ClFN2S. The van der Waals surface area contributed by atoms with Crippen molar-refractivity contribution < 1.29 is 4.39 Å². The van der Waals surface area contributed by atoms with Gasteiger partial charge in [0.25, 0.3) is 0 Å². The number of halogens is 2. The highest BCUT2D eigenvalue weighted by molar-refractivity contribution is 7.14. The monoisotopic (exact) mass is 318 g/mol. The Balaban J connectivity index is 1.81. The van der Waals surface area contributed by atoms with E-state index < -0.39 is 0 Å². The fraction of sp³-hybridized carbons (Fsp3) is 0.0625. The van der Waals surface area contributed by atoms with Gasteiger partial charge in [-0.2, -0.15) is 0 Å². The van der Waals surface area contributed by atoms with Crippen molar-refractivity contribution >= 4 is 33.8 Å². The van der Waals surface area contributed by atoms with Gasteiger partial charge in [-0.05, 0) is 48.9 Å². The highest BCUT2D eigenvalue weighted by Crippen LogP contribution is 2.28. The van der Waals surface area contributed by atoms with Crippen molar-refractivity contribution in [2.75, 3.05) is 5.32 Å². The zero-order valence-corrected chi connectivity index (χ0v) is 12.8. The fourth-order valence-corrected chi connectivity index (χ4v) is 2.80. The van der Waals surface area contributed by atoms with Crippen molar-refractivity contribution in [1.29, 1.82) is 0 Å². The van der Waals surface area contributed by atoms with Gasteiger partial charge >= 0.3 is 0 Å². The van der Waals surface area contributed by atoms with Gasteiger partial charge in [0, 0.05) is 21.7 Å². The zero-order chi connectivity index (χ0) is 14.8. The number of nitrogens with zero attached hydrogens (tertiary/aromatic N) is 1. The molecule has 0 aliphatic heterocycles. The third-order valence-electron chi connectivity index (χ3n) is 3.07. The summed E-state index contributed by atoms with van der Waals surface area (Å²) in [5.41, 5.74) is 3.64. The predicted octanol–water partition coefficient (Wildman–Crippen LogP) is 5.65. The second kappa shape index (κ2) is 5.84. The SMILES string of the molecule is Cc1ccc(Nc2nc(-c3ccc(F)cc3)cs2)cc1Cl. The zero-order valence-electron chi connectivity index (χ0n) is 11.2. The van der Waals surface area contributed by atoms with Crippen LogP contribution in [0.25, 0.3) is 11.3 Å². The summed E-state index contributed by atoms with van der Waals surface area (Å²) >= 11 is 7.60. The maximum atomic E-state index is 12.9. The lowest BCUT2D eigenvalue weighted by atomic mass is 10.2. The summed E-state index contributed by atoms with van der Waals surface area (Å²) in [5.74, 6) is -0.248. The minimum Gasteiger partial charge on any atom is -0.331 e. The Kier molecular flexibility index (Phi) is 3.90. The standard InChI is InChI=1S/C16H12ClFN2S/c1-10-2-7-13(8-14(10)17)19-16-20-15(9-21-16)11-3-5-12(18)6-4-11/h2-9H,1H3,(H,19,20). The first kappa shape index (κ1) is 14.0. The summed E-state index contributed by atoms with van der Waals surface area (Å²) in [6, 6.07) is 12.1. The Morgan fingerprint density at radius 1 is 1.14 bits per heavy atom. The number of anilines is 2. The molecule has 2 nitrogen and oxygen atoms in total. The van der Waals surface area contributed by atoms with Gasteiger partial charge in [-0.25, -0.2) is 9.37 Å². The van der Waals surface area contributed by atoms with Crippen molar-refractivity contribution in [3.8, 4) is 11.3 Å². The summed E-state index contributed by atoms with van der Waals surface area (Å²) in [6.45, 7) is 1.96. The average Bonchev–Trinajstić information content (AvgIpc) is 2.92. The first-order valence-corrected chi connectivity index (χ1v) is 7.62. The van der Waals surface area contributed by atoms with Crippen LogP contribution in [0.5, 0.6) is 0 Å². The van der Waals surface area contributed by atoms with Crippen LogP contribution < -0.4 is 5.32 Å². The normalized spacial score (nSPS) is 10.6. The summed E-state index contributed by atoms with van der Waals surface area (Å²) in [5, 5.41) is 6.65. The lowest BCUT2D eigenvalue weighted by Crippen LogP contribution is -1.90. The number of nitrogens with one attached hydrogen (secondary N) is 1. The number of aryl methyl sites for hydroxylation is 1. The molecule has 0 aliphatic rings. The predicted molar refractivity (Wildman–Crippen MR) is 87.0 cm³/mol. The Labute approximate surface area is 131 Å². The molecular weight excluding hydrogens is 307 g/mol. The average molecular weight is 319 g/mol. The lowest BCUT2D eigenvalue weighted by Gasteiger charge is -2.04. The maximum Gasteiger partial charge on any atom is 0.187 e. The smallest absolute Gasteiger partial charge is 0.187 e. The van der Waals surface area contributed by atoms with E-state index in [1.807, 2.05) is 30.5 Å². The van der Waals surface area contributed by atoms with E-state index in [2.05, 4.69) is 10.3 Å². The van der Waals surface area contributed by atoms with Crippen LogP contribution in [-0.2, 0) is 0 Å². The number of aromatic nitrogens is 1. The van der Waals surface area contributed by atoms with Crippen LogP contribution >= 0.6 is 22.9 Å². The Morgan fingerprint density at radius 3 is 2.62 bits per heavy atom. The van der Waals surface area contributed by atoms with E-state index in [-0.39, 0.29) is 5.82 Å². The number of thiazole rings is 1. The molecule has 0 amide bonds. The molecule has 0 spiro atoms. The van der Waals surface area contributed by atoms with Crippen LogP contribution in [0.4, 0.5) is 15.2 Å². The second-order valence-corrected chi connectivity index (χ2v) is 5.90. The molecule has 2 aromatic carbocycles. The molecule has 5 heteroatoms. The number of hydrogen-bond donors (Lipinski definition) is 1. The van der Waals surface area contributed by atoms with Gasteiger partial charge in [0.15, 0.2) is 5.13 Å². The van der Waals surface area contributed by atoms with Gasteiger partial charge in [-0.3, -0.25) is 0 Å². The van der Waals surface area contributed by atoms with E-state index in [1.165, 1.54) is 23.5 Å². The molecule has 0 saturated heterocycles. The second-order valence-electron chi connectivity index (χ2n) is 4.63. The van der Waals surface area contributed by atoms with Crippen molar-refractivity contribution in [2.45, 2.75) is 6.92 Å². The topological polar surface area (TPSA) is 24.9 Å². The van der Waals surface area contributed by atoms with Gasteiger partial charge in [0.05, 0.1) is 5.69 Å². The number of hydrogen-bond acceptors (Lipinski definition) is 3. The van der Waals surface area contributed by atoms with E-state index in [4.69, 9.17) is 11.6 Å². The molecule has 0 saturated carbocycles. The quantitative estimate of drug-likeness (QED) is 0.674. The van der Waals surface area contributed by atoms with Gasteiger partial charge in [0.2, 0.25) is 0 Å². The number of rotatable bonds is 3. The molecule has 1 N–H and O–H groups in total. The summed E-state index contributed by atoms with van der Waals surface area (Å²) in [4.78, 5) is 4.50. The minimum atomic E-state index is -0.248. The van der Waals surface area contributed by atoms with Crippen LogP contribution in [0, 0.1) is 12.7 Å². The van der Waals surface area contributed by atoms with E-state index in [1.54, 1.807) is 12.1 Å². The fourth-order valence-electron chi connectivity index (χ4n) is 1.88. The first-order chi connectivity index (χ1) is 10.1. The molecule has 1 aromatic heterocycles. The van der Waals surface area contributed by atoms with Gasteiger partial charge in [0.1, 0.15) is 5.82 Å². The molecule has 0 atom stereocenters. The van der Waals surface area contributed by atoms with Crippen LogP contribution in [0.3, 0.4) is 0 Å². The van der Waals surface area contributed by atoms with Crippen LogP contribution in [-0.4, -0.2) is 4.98 Å². The summed E-state index contributed by atoms with van der Waals surface area (Å²) < 4.78 is 12.9. The van der Waals surface area contributed by atoms with Crippen molar-refractivity contribution in [2.24, 2.45) is 0 Å². The molecule has 21 heavy (non-hydrogen) atoms. The third kappa shape index (κ3) is 3.23. The van der Waals surface area contributed by atoms with Crippen molar-refractivity contribution in [3.05, 3.63) is 64.2 Å². The molecule has 0 radical (unpaired) electrons. The Bertz CT molecular complexity index is 768. The van der Waals surface area contributed by atoms with Gasteiger partial charge < -0.3 is 5.32 Å². The molecule has 106 valence electrons. The van der Waals surface area contributed by atoms with E-state index >= 15 is 0 Å². The largest absolute Gasteiger partial charge is 0.331 e. The first-order valence-electron chi connectivity index (χ1n) is 6.36. The van der Waals surface area contributed by atoms with Crippen LogP contribution in [0.2, 0.25) is 5.02 Å². The molecule has 0 aliphatic carbocycles. The Morgan fingerprint density at radius 2 is 1.90 bits per heavy atom. The van der Waals surface area contributed by atoms with E-state index in [0.717, 1.165) is 32.7 Å². The highest BCUT2D eigenvalue weighted by atomic mass is 35.5. The number of benzene rings is 2. The van der Waals surface area contributed by atoms with E-state index in [0.29, 0.717) is 0 Å². The van der Waals surface area contributed by atoms with Crippen molar-refractivity contribution in [1.82, 2.24) is 4.98 Å². The highest BCUT2D eigenvalue weighted by Gasteiger charge is 2.06. The van der Waals surface area contributed by atoms with Crippen LogP contribution in [0.15, 0.2) is 47.8 Å². The van der Waals surface area contributed by atoms with Gasteiger partial charge in [-0.1, -0.05) is 17.7 Å². The molecule has 3 aromatic rings. The molecule has 0 bridgehead atoms. The molecule has 1 heterocycles.